The largest absolute Gasteiger partial charge is 0.480 e. The number of carboxylic acid groups (broad SMARTS) is 1. The summed E-state index contributed by atoms with van der Waals surface area (Å²) < 4.78 is 0. The van der Waals surface area contributed by atoms with Crippen LogP contribution >= 0.6 is 0 Å². The second-order valence-corrected chi connectivity index (χ2v) is 4.01. The van der Waals surface area contributed by atoms with Crippen molar-refractivity contribution in [2.45, 2.75) is 26.3 Å². The van der Waals surface area contributed by atoms with Crippen LogP contribution in [0.15, 0.2) is 12.7 Å². The number of carbonyl (C=O) groups is 2. The Kier molecular flexibility index (Phi) is 7.20. The van der Waals surface area contributed by atoms with E-state index in [1.807, 2.05) is 13.8 Å². The number of aliphatic carboxylic acids is 1. The maximum absolute atomic E-state index is 11.3. The molecule has 0 heterocycles. The van der Waals surface area contributed by atoms with E-state index in [9.17, 15) is 9.59 Å². The van der Waals surface area contributed by atoms with Crippen LogP contribution in [0.25, 0.3) is 0 Å². The molecule has 0 aromatic rings. The Bertz CT molecular complexity index is 252. The lowest BCUT2D eigenvalue weighted by Crippen LogP contribution is -2.45. The highest BCUT2D eigenvalue weighted by Crippen LogP contribution is 2.04. The van der Waals surface area contributed by atoms with Gasteiger partial charge in [0.15, 0.2) is 0 Å². The van der Waals surface area contributed by atoms with Gasteiger partial charge in [-0.1, -0.05) is 19.9 Å². The van der Waals surface area contributed by atoms with E-state index in [4.69, 9.17) is 5.11 Å². The fourth-order valence-electron chi connectivity index (χ4n) is 1.23. The highest BCUT2D eigenvalue weighted by molar-refractivity contribution is 5.84. The minimum absolute atomic E-state index is 0.105. The third-order valence-electron chi connectivity index (χ3n) is 1.91. The Morgan fingerprint density at radius 3 is 2.50 bits per heavy atom. The normalized spacial score (nSPS) is 12.2. The number of hydrogen-bond acceptors (Lipinski definition) is 3. The zero-order valence-corrected chi connectivity index (χ0v) is 9.82. The van der Waals surface area contributed by atoms with Crippen molar-refractivity contribution in [2.75, 3.05) is 13.1 Å². The highest BCUT2D eigenvalue weighted by atomic mass is 16.4. The average molecular weight is 228 g/mol. The molecule has 92 valence electrons. The zero-order chi connectivity index (χ0) is 12.6. The summed E-state index contributed by atoms with van der Waals surface area (Å²) in [6.07, 6.45) is 2.07. The van der Waals surface area contributed by atoms with Gasteiger partial charge in [-0.25, -0.2) is 4.79 Å². The Balaban J connectivity index is 4.03. The number of nitrogens with one attached hydrogen (secondary N) is 2. The first-order valence-electron chi connectivity index (χ1n) is 5.31. The van der Waals surface area contributed by atoms with Gasteiger partial charge in [0.25, 0.3) is 0 Å². The molecule has 1 unspecified atom stereocenters. The monoisotopic (exact) mass is 228 g/mol. The maximum Gasteiger partial charge on any atom is 0.326 e. The van der Waals surface area contributed by atoms with Gasteiger partial charge < -0.3 is 15.7 Å². The Labute approximate surface area is 95.9 Å². The van der Waals surface area contributed by atoms with E-state index in [2.05, 4.69) is 17.2 Å². The minimum Gasteiger partial charge on any atom is -0.480 e. The maximum atomic E-state index is 11.3. The van der Waals surface area contributed by atoms with Crippen LogP contribution in [0, 0.1) is 5.92 Å². The first kappa shape index (κ1) is 14.6. The van der Waals surface area contributed by atoms with E-state index in [1.165, 1.54) is 0 Å². The van der Waals surface area contributed by atoms with Crippen molar-refractivity contribution in [2.24, 2.45) is 5.92 Å². The van der Waals surface area contributed by atoms with E-state index < -0.39 is 12.0 Å². The van der Waals surface area contributed by atoms with Gasteiger partial charge in [-0.05, 0) is 12.3 Å². The van der Waals surface area contributed by atoms with Crippen LogP contribution in [0.4, 0.5) is 0 Å². The summed E-state index contributed by atoms with van der Waals surface area (Å²) in [5, 5.41) is 14.2. The topological polar surface area (TPSA) is 78.4 Å². The highest BCUT2D eigenvalue weighted by Gasteiger charge is 2.20. The lowest BCUT2D eigenvalue weighted by Gasteiger charge is -2.16. The molecule has 5 heteroatoms. The van der Waals surface area contributed by atoms with E-state index >= 15 is 0 Å². The van der Waals surface area contributed by atoms with Crippen molar-refractivity contribution in [3.8, 4) is 0 Å². The molecule has 0 aliphatic heterocycles. The first-order valence-corrected chi connectivity index (χ1v) is 5.31. The molecule has 0 aromatic heterocycles. The second kappa shape index (κ2) is 7.87. The van der Waals surface area contributed by atoms with Crippen LogP contribution in [0.3, 0.4) is 0 Å². The molecule has 0 rings (SSSR count). The van der Waals surface area contributed by atoms with Crippen LogP contribution in [-0.4, -0.2) is 36.1 Å². The van der Waals surface area contributed by atoms with Gasteiger partial charge in [-0.3, -0.25) is 4.79 Å². The predicted octanol–water partition coefficient (Wildman–Crippen LogP) is 0.377. The molecular weight excluding hydrogens is 208 g/mol. The standard InChI is InChI=1S/C11H20N2O3/c1-4-5-12-7-10(14)13-9(11(15)16)6-8(2)3/h4,8-9,12H,1,5-7H2,2-3H3,(H,13,14)(H,15,16). The lowest BCUT2D eigenvalue weighted by molar-refractivity contribution is -0.142. The van der Waals surface area contributed by atoms with E-state index in [0.717, 1.165) is 0 Å². The second-order valence-electron chi connectivity index (χ2n) is 4.01. The molecular formula is C11H20N2O3. The number of carbonyl (C=O) groups excluding carboxylic acids is 1. The lowest BCUT2D eigenvalue weighted by atomic mass is 10.0. The van der Waals surface area contributed by atoms with Gasteiger partial charge in [-0.2, -0.15) is 0 Å². The molecule has 0 aromatic carbocycles. The number of hydrogen-bond donors (Lipinski definition) is 3. The molecule has 0 bridgehead atoms. The van der Waals surface area contributed by atoms with Crippen molar-refractivity contribution >= 4 is 11.9 Å². The van der Waals surface area contributed by atoms with E-state index in [1.54, 1.807) is 6.08 Å². The van der Waals surface area contributed by atoms with Crippen molar-refractivity contribution in [1.82, 2.24) is 10.6 Å². The molecule has 0 aliphatic rings. The predicted molar refractivity (Wildman–Crippen MR) is 62.1 cm³/mol. The van der Waals surface area contributed by atoms with Crippen LogP contribution in [0.2, 0.25) is 0 Å². The van der Waals surface area contributed by atoms with Gasteiger partial charge in [0.1, 0.15) is 6.04 Å². The first-order chi connectivity index (χ1) is 7.47. The van der Waals surface area contributed by atoms with E-state index in [0.29, 0.717) is 13.0 Å². The molecule has 0 spiro atoms. The third kappa shape index (κ3) is 7.00. The molecule has 1 amide bonds. The summed E-state index contributed by atoms with van der Waals surface area (Å²) in [5.41, 5.74) is 0. The summed E-state index contributed by atoms with van der Waals surface area (Å²) in [6.45, 7) is 7.96. The smallest absolute Gasteiger partial charge is 0.326 e. The summed E-state index contributed by atoms with van der Waals surface area (Å²) in [5.74, 6) is -1.08. The molecule has 16 heavy (non-hydrogen) atoms. The van der Waals surface area contributed by atoms with Gasteiger partial charge in [0.2, 0.25) is 5.91 Å². The number of amides is 1. The summed E-state index contributed by atoms with van der Waals surface area (Å²) in [7, 11) is 0. The summed E-state index contributed by atoms with van der Waals surface area (Å²) in [4.78, 5) is 22.2. The number of rotatable bonds is 8. The third-order valence-corrected chi connectivity index (χ3v) is 1.91. The van der Waals surface area contributed by atoms with Crippen LogP contribution in [0.5, 0.6) is 0 Å². The van der Waals surface area contributed by atoms with Crippen LogP contribution < -0.4 is 10.6 Å². The van der Waals surface area contributed by atoms with Crippen molar-refractivity contribution < 1.29 is 14.7 Å². The molecule has 3 N–H and O–H groups in total. The van der Waals surface area contributed by atoms with Crippen molar-refractivity contribution in [3.63, 3.8) is 0 Å². The Morgan fingerprint density at radius 2 is 2.06 bits per heavy atom. The van der Waals surface area contributed by atoms with Gasteiger partial charge in [0, 0.05) is 6.54 Å². The number of carboxylic acids is 1. The van der Waals surface area contributed by atoms with Crippen LogP contribution in [-0.2, 0) is 9.59 Å². The van der Waals surface area contributed by atoms with Gasteiger partial charge in [0.05, 0.1) is 6.54 Å². The van der Waals surface area contributed by atoms with Crippen LogP contribution in [0.1, 0.15) is 20.3 Å². The zero-order valence-electron chi connectivity index (χ0n) is 9.82. The van der Waals surface area contributed by atoms with E-state index in [-0.39, 0.29) is 18.4 Å². The summed E-state index contributed by atoms with van der Waals surface area (Å²) in [6, 6.07) is -0.807. The van der Waals surface area contributed by atoms with Crippen molar-refractivity contribution in [1.29, 1.82) is 0 Å². The quantitative estimate of drug-likeness (QED) is 0.414. The van der Waals surface area contributed by atoms with Crippen molar-refractivity contribution in [3.05, 3.63) is 12.7 Å². The molecule has 0 aliphatic carbocycles. The molecule has 1 atom stereocenters. The fourth-order valence-corrected chi connectivity index (χ4v) is 1.23. The Morgan fingerprint density at radius 1 is 1.44 bits per heavy atom. The fraction of sp³-hybridized carbons (Fsp3) is 0.636. The SMILES string of the molecule is C=CCNCC(=O)NC(CC(C)C)C(=O)O. The van der Waals surface area contributed by atoms with Gasteiger partial charge >= 0.3 is 5.97 Å². The Hall–Kier alpha value is -1.36. The molecule has 0 radical (unpaired) electrons. The minimum atomic E-state index is -0.995. The molecule has 0 saturated heterocycles. The molecule has 0 fully saturated rings. The average Bonchev–Trinajstić information content (AvgIpc) is 2.16. The molecule has 5 nitrogen and oxygen atoms in total. The van der Waals surface area contributed by atoms with Gasteiger partial charge in [-0.15, -0.1) is 6.58 Å². The summed E-state index contributed by atoms with van der Waals surface area (Å²) >= 11 is 0. The molecule has 0 saturated carbocycles.